The van der Waals surface area contributed by atoms with Crippen molar-refractivity contribution >= 4 is 34.0 Å². The van der Waals surface area contributed by atoms with Gasteiger partial charge in [-0.3, -0.25) is 4.79 Å². The second-order valence-electron chi connectivity index (χ2n) is 4.74. The molecule has 2 heterocycles. The summed E-state index contributed by atoms with van der Waals surface area (Å²) < 4.78 is 0. The van der Waals surface area contributed by atoms with Crippen LogP contribution in [0.15, 0.2) is 5.38 Å². The zero-order chi connectivity index (χ0) is 12.6. The summed E-state index contributed by atoms with van der Waals surface area (Å²) in [6.45, 7) is 5.18. The van der Waals surface area contributed by atoms with Crippen LogP contribution in [0.3, 0.4) is 0 Å². The van der Waals surface area contributed by atoms with E-state index < -0.39 is 11.4 Å². The lowest BCUT2D eigenvalue weighted by molar-refractivity contribution is -0.150. The topological polar surface area (TPSA) is 53.4 Å². The first-order chi connectivity index (χ1) is 7.95. The van der Waals surface area contributed by atoms with Crippen LogP contribution in [0.2, 0.25) is 5.15 Å². The SMILES string of the molecule is CC(C)C1(C(=O)O)CCN(c2nc(Cl)cs2)C1. The number of aliphatic carboxylic acids is 1. The first-order valence-corrected chi connectivity index (χ1v) is 6.81. The second kappa shape index (κ2) is 4.46. The van der Waals surface area contributed by atoms with E-state index in [2.05, 4.69) is 4.98 Å². The van der Waals surface area contributed by atoms with Crippen LogP contribution in [0.4, 0.5) is 5.13 Å². The van der Waals surface area contributed by atoms with Crippen molar-refractivity contribution in [1.29, 1.82) is 0 Å². The van der Waals surface area contributed by atoms with Crippen LogP contribution >= 0.6 is 22.9 Å². The van der Waals surface area contributed by atoms with Crippen LogP contribution in [0.25, 0.3) is 0 Å². The molecule has 0 aliphatic carbocycles. The summed E-state index contributed by atoms with van der Waals surface area (Å²) in [7, 11) is 0. The normalized spacial score (nSPS) is 24.6. The van der Waals surface area contributed by atoms with Gasteiger partial charge in [0.25, 0.3) is 0 Å². The molecule has 1 aromatic heterocycles. The van der Waals surface area contributed by atoms with Crippen LogP contribution in [0, 0.1) is 11.3 Å². The van der Waals surface area contributed by atoms with Gasteiger partial charge in [0.1, 0.15) is 5.15 Å². The van der Waals surface area contributed by atoms with E-state index in [0.717, 1.165) is 11.7 Å². The Morgan fingerprint density at radius 2 is 2.41 bits per heavy atom. The number of hydrogen-bond donors (Lipinski definition) is 1. The summed E-state index contributed by atoms with van der Waals surface area (Å²) in [4.78, 5) is 17.7. The van der Waals surface area contributed by atoms with Gasteiger partial charge >= 0.3 is 5.97 Å². The van der Waals surface area contributed by atoms with Crippen LogP contribution < -0.4 is 4.90 Å². The fourth-order valence-electron chi connectivity index (χ4n) is 2.28. The monoisotopic (exact) mass is 274 g/mol. The lowest BCUT2D eigenvalue weighted by Gasteiger charge is -2.28. The molecule has 1 aliphatic rings. The Bertz CT molecular complexity index is 435. The van der Waals surface area contributed by atoms with Gasteiger partial charge in [0.05, 0.1) is 5.41 Å². The molecule has 4 nitrogen and oxygen atoms in total. The molecule has 0 bridgehead atoms. The number of anilines is 1. The number of aromatic nitrogens is 1. The molecule has 1 aliphatic heterocycles. The van der Waals surface area contributed by atoms with Gasteiger partial charge in [0.15, 0.2) is 5.13 Å². The van der Waals surface area contributed by atoms with E-state index in [1.54, 1.807) is 5.38 Å². The second-order valence-corrected chi connectivity index (χ2v) is 5.96. The summed E-state index contributed by atoms with van der Waals surface area (Å²) in [6.07, 6.45) is 0.664. The van der Waals surface area contributed by atoms with Crippen molar-refractivity contribution in [2.45, 2.75) is 20.3 Å². The molecule has 0 saturated carbocycles. The Labute approximate surface area is 109 Å². The molecule has 0 spiro atoms. The number of carboxylic acid groups (broad SMARTS) is 1. The molecule has 1 atom stereocenters. The van der Waals surface area contributed by atoms with Crippen molar-refractivity contribution in [3.63, 3.8) is 0 Å². The van der Waals surface area contributed by atoms with Gasteiger partial charge in [-0.2, -0.15) is 0 Å². The Morgan fingerprint density at radius 1 is 1.71 bits per heavy atom. The third kappa shape index (κ3) is 2.13. The van der Waals surface area contributed by atoms with Crippen molar-refractivity contribution in [2.75, 3.05) is 18.0 Å². The first kappa shape index (κ1) is 12.6. The molecule has 6 heteroatoms. The highest BCUT2D eigenvalue weighted by atomic mass is 35.5. The van der Waals surface area contributed by atoms with Crippen molar-refractivity contribution in [3.8, 4) is 0 Å². The van der Waals surface area contributed by atoms with Gasteiger partial charge in [-0.25, -0.2) is 4.98 Å². The van der Waals surface area contributed by atoms with Gasteiger partial charge in [-0.15, -0.1) is 11.3 Å². The van der Waals surface area contributed by atoms with Crippen LogP contribution in [0.1, 0.15) is 20.3 Å². The van der Waals surface area contributed by atoms with Gasteiger partial charge in [0, 0.05) is 18.5 Å². The Morgan fingerprint density at radius 3 is 2.82 bits per heavy atom. The average Bonchev–Trinajstić information content (AvgIpc) is 2.83. The molecule has 1 unspecified atom stereocenters. The molecule has 1 aromatic rings. The highest BCUT2D eigenvalue weighted by molar-refractivity contribution is 7.14. The Balaban J connectivity index is 2.20. The Hall–Kier alpha value is -0.810. The van der Waals surface area contributed by atoms with Crippen molar-refractivity contribution in [2.24, 2.45) is 11.3 Å². The quantitative estimate of drug-likeness (QED) is 0.921. The molecule has 0 radical (unpaired) electrons. The maximum Gasteiger partial charge on any atom is 0.311 e. The minimum Gasteiger partial charge on any atom is -0.481 e. The van der Waals surface area contributed by atoms with Crippen LogP contribution in [-0.4, -0.2) is 29.1 Å². The lowest BCUT2D eigenvalue weighted by Crippen LogP contribution is -2.39. The van der Waals surface area contributed by atoms with E-state index >= 15 is 0 Å². The van der Waals surface area contributed by atoms with Crippen molar-refractivity contribution < 1.29 is 9.90 Å². The maximum absolute atomic E-state index is 11.5. The summed E-state index contributed by atoms with van der Waals surface area (Å²) >= 11 is 7.25. The molecule has 0 amide bonds. The van der Waals surface area contributed by atoms with E-state index in [1.807, 2.05) is 18.7 Å². The number of carbonyl (C=O) groups is 1. The number of hydrogen-bond acceptors (Lipinski definition) is 4. The maximum atomic E-state index is 11.5. The summed E-state index contributed by atoms with van der Waals surface area (Å²) in [6, 6.07) is 0. The smallest absolute Gasteiger partial charge is 0.311 e. The van der Waals surface area contributed by atoms with E-state index in [4.69, 9.17) is 11.6 Å². The third-order valence-corrected chi connectivity index (χ3v) is 4.79. The van der Waals surface area contributed by atoms with Gasteiger partial charge in [0.2, 0.25) is 0 Å². The molecule has 94 valence electrons. The third-order valence-electron chi connectivity index (χ3n) is 3.57. The number of rotatable bonds is 3. The molecule has 2 rings (SSSR count). The molecule has 1 fully saturated rings. The predicted octanol–water partition coefficient (Wildman–Crippen LogP) is 2.73. The fourth-order valence-corrected chi connectivity index (χ4v) is 3.25. The minimum atomic E-state index is -0.711. The standard InChI is InChI=1S/C11H15ClN2O2S/c1-7(2)11(9(15)16)3-4-14(6-11)10-13-8(12)5-17-10/h5,7H,3-4,6H2,1-2H3,(H,15,16). The molecule has 0 aromatic carbocycles. The molecule has 17 heavy (non-hydrogen) atoms. The minimum absolute atomic E-state index is 0.112. The van der Waals surface area contributed by atoms with E-state index in [9.17, 15) is 9.90 Å². The van der Waals surface area contributed by atoms with E-state index in [0.29, 0.717) is 18.1 Å². The highest BCUT2D eigenvalue weighted by Gasteiger charge is 2.47. The van der Waals surface area contributed by atoms with Gasteiger partial charge < -0.3 is 10.0 Å². The zero-order valence-corrected chi connectivity index (χ0v) is 11.4. The average molecular weight is 275 g/mol. The number of carboxylic acids is 1. The zero-order valence-electron chi connectivity index (χ0n) is 9.81. The summed E-state index contributed by atoms with van der Waals surface area (Å²) in [5.41, 5.74) is -0.655. The molecule has 1 N–H and O–H groups in total. The fraction of sp³-hybridized carbons (Fsp3) is 0.636. The first-order valence-electron chi connectivity index (χ1n) is 5.55. The summed E-state index contributed by atoms with van der Waals surface area (Å²) in [5.74, 6) is -0.599. The van der Waals surface area contributed by atoms with Crippen LogP contribution in [0.5, 0.6) is 0 Å². The van der Waals surface area contributed by atoms with E-state index in [1.165, 1.54) is 11.3 Å². The lowest BCUT2D eigenvalue weighted by atomic mass is 9.76. The van der Waals surface area contributed by atoms with E-state index in [-0.39, 0.29) is 5.92 Å². The Kier molecular flexibility index (Phi) is 3.32. The molecular formula is C11H15ClN2O2S. The molecular weight excluding hydrogens is 260 g/mol. The largest absolute Gasteiger partial charge is 0.481 e. The summed E-state index contributed by atoms with van der Waals surface area (Å²) in [5, 5.41) is 12.5. The predicted molar refractivity (Wildman–Crippen MR) is 68.9 cm³/mol. The number of halogens is 1. The van der Waals surface area contributed by atoms with Crippen molar-refractivity contribution in [3.05, 3.63) is 10.5 Å². The van der Waals surface area contributed by atoms with Gasteiger partial charge in [-0.1, -0.05) is 25.4 Å². The van der Waals surface area contributed by atoms with Crippen molar-refractivity contribution in [1.82, 2.24) is 4.98 Å². The number of thiazole rings is 1. The number of nitrogens with zero attached hydrogens (tertiary/aromatic N) is 2. The van der Waals surface area contributed by atoms with Gasteiger partial charge in [-0.05, 0) is 12.3 Å². The highest BCUT2D eigenvalue weighted by Crippen LogP contribution is 2.40. The van der Waals surface area contributed by atoms with Crippen LogP contribution in [-0.2, 0) is 4.79 Å². The molecule has 1 saturated heterocycles.